The lowest BCUT2D eigenvalue weighted by atomic mass is 9.60. The van der Waals surface area contributed by atoms with E-state index in [1.54, 1.807) is 0 Å². The van der Waals surface area contributed by atoms with E-state index in [-0.39, 0.29) is 11.1 Å². The van der Waals surface area contributed by atoms with Crippen LogP contribution in [0.2, 0.25) is 0 Å². The lowest BCUT2D eigenvalue weighted by Crippen LogP contribution is -2.59. The van der Waals surface area contributed by atoms with Gasteiger partial charge in [0.1, 0.15) is 0 Å². The van der Waals surface area contributed by atoms with Crippen molar-refractivity contribution in [2.45, 2.75) is 63.5 Å². The highest BCUT2D eigenvalue weighted by atomic mass is 16.6. The lowest BCUT2D eigenvalue weighted by Gasteiger charge is -2.52. The second kappa shape index (κ2) is 5.01. The van der Waals surface area contributed by atoms with Crippen molar-refractivity contribution >= 4 is 0 Å². The van der Waals surface area contributed by atoms with Gasteiger partial charge >= 0.3 is 0 Å². The molecule has 3 heteroatoms. The van der Waals surface area contributed by atoms with Gasteiger partial charge in [0.25, 0.3) is 0 Å². The predicted molar refractivity (Wildman–Crippen MR) is 75.9 cm³/mol. The van der Waals surface area contributed by atoms with Crippen LogP contribution in [0.1, 0.15) is 52.4 Å². The molecule has 0 aromatic carbocycles. The van der Waals surface area contributed by atoms with Gasteiger partial charge in [-0.05, 0) is 37.0 Å². The predicted octanol–water partition coefficient (Wildman–Crippen LogP) is 2.73. The first-order valence-corrected chi connectivity index (χ1v) is 8.06. The van der Waals surface area contributed by atoms with Crippen LogP contribution in [-0.4, -0.2) is 31.0 Å². The van der Waals surface area contributed by atoms with Crippen LogP contribution in [0, 0.1) is 17.8 Å². The first-order chi connectivity index (χ1) is 9.06. The van der Waals surface area contributed by atoms with Crippen molar-refractivity contribution < 1.29 is 9.47 Å². The van der Waals surface area contributed by atoms with Gasteiger partial charge in [0.05, 0.1) is 12.2 Å². The average molecular weight is 267 g/mol. The summed E-state index contributed by atoms with van der Waals surface area (Å²) < 4.78 is 11.7. The van der Waals surface area contributed by atoms with E-state index in [0.29, 0.717) is 11.8 Å². The fourth-order valence-electron chi connectivity index (χ4n) is 4.66. The zero-order valence-corrected chi connectivity index (χ0v) is 12.5. The van der Waals surface area contributed by atoms with Crippen molar-refractivity contribution in [3.63, 3.8) is 0 Å². The second-order valence-electron chi connectivity index (χ2n) is 7.29. The minimum Gasteiger partial charge on any atom is -0.378 e. The molecular formula is C16H29NO2. The standard InChI is InChI=1S/C16H29NO2/c1-12-4-3-6-16(17,13(12)2)14-5-8-19-15(10-14)7-9-18-11-15/h12-14H,3-11,17H2,1-2H3. The van der Waals surface area contributed by atoms with Gasteiger partial charge in [0, 0.05) is 25.2 Å². The number of ether oxygens (including phenoxy) is 2. The Morgan fingerprint density at radius 2 is 1.95 bits per heavy atom. The third-order valence-electron chi connectivity index (χ3n) is 6.29. The minimum atomic E-state index is -0.00427. The quantitative estimate of drug-likeness (QED) is 0.794. The fourth-order valence-corrected chi connectivity index (χ4v) is 4.66. The van der Waals surface area contributed by atoms with Crippen LogP contribution in [-0.2, 0) is 9.47 Å². The molecule has 3 aliphatic rings. The lowest BCUT2D eigenvalue weighted by molar-refractivity contribution is -0.119. The molecular weight excluding hydrogens is 238 g/mol. The molecule has 3 nitrogen and oxygen atoms in total. The van der Waals surface area contributed by atoms with Gasteiger partial charge in [0.2, 0.25) is 0 Å². The van der Waals surface area contributed by atoms with Crippen LogP contribution in [0.15, 0.2) is 0 Å². The third-order valence-corrected chi connectivity index (χ3v) is 6.29. The van der Waals surface area contributed by atoms with E-state index in [1.807, 2.05) is 0 Å². The SMILES string of the molecule is CC1CCCC(N)(C2CCOC3(CCOC3)C2)C1C. The van der Waals surface area contributed by atoms with Crippen LogP contribution >= 0.6 is 0 Å². The van der Waals surface area contributed by atoms with E-state index in [4.69, 9.17) is 15.2 Å². The molecule has 2 saturated heterocycles. The van der Waals surface area contributed by atoms with Crippen LogP contribution < -0.4 is 5.73 Å². The van der Waals surface area contributed by atoms with Crippen LogP contribution in [0.4, 0.5) is 0 Å². The van der Waals surface area contributed by atoms with E-state index in [1.165, 1.54) is 19.3 Å². The molecule has 1 aliphatic carbocycles. The Balaban J connectivity index is 1.76. The summed E-state index contributed by atoms with van der Waals surface area (Å²) >= 11 is 0. The number of hydrogen-bond donors (Lipinski definition) is 1. The summed E-state index contributed by atoms with van der Waals surface area (Å²) in [7, 11) is 0. The van der Waals surface area contributed by atoms with E-state index in [0.717, 1.165) is 45.0 Å². The number of hydrogen-bond acceptors (Lipinski definition) is 3. The molecule has 19 heavy (non-hydrogen) atoms. The highest BCUT2D eigenvalue weighted by Gasteiger charge is 2.50. The zero-order chi connectivity index (χ0) is 13.5. The molecule has 2 aliphatic heterocycles. The van der Waals surface area contributed by atoms with E-state index in [2.05, 4.69) is 13.8 Å². The highest BCUT2D eigenvalue weighted by Crippen LogP contribution is 2.47. The summed E-state index contributed by atoms with van der Waals surface area (Å²) in [5.41, 5.74) is 6.94. The summed E-state index contributed by atoms with van der Waals surface area (Å²) in [4.78, 5) is 0. The maximum absolute atomic E-state index is 6.92. The molecule has 0 amide bonds. The summed E-state index contributed by atoms with van der Waals surface area (Å²) in [5.74, 6) is 2.00. The first-order valence-electron chi connectivity index (χ1n) is 8.06. The molecule has 0 aromatic rings. The van der Waals surface area contributed by atoms with Gasteiger partial charge in [-0.2, -0.15) is 0 Å². The highest BCUT2D eigenvalue weighted by molar-refractivity contribution is 5.04. The summed E-state index contributed by atoms with van der Waals surface area (Å²) in [6.45, 7) is 7.25. The van der Waals surface area contributed by atoms with Gasteiger partial charge in [0.15, 0.2) is 0 Å². The largest absolute Gasteiger partial charge is 0.378 e. The topological polar surface area (TPSA) is 44.5 Å². The summed E-state index contributed by atoms with van der Waals surface area (Å²) in [5, 5.41) is 0. The van der Waals surface area contributed by atoms with E-state index >= 15 is 0 Å². The first kappa shape index (κ1) is 13.8. The van der Waals surface area contributed by atoms with Crippen LogP contribution in [0.25, 0.3) is 0 Å². The van der Waals surface area contributed by atoms with E-state index < -0.39 is 0 Å². The molecule has 5 unspecified atom stereocenters. The van der Waals surface area contributed by atoms with Gasteiger partial charge in [-0.1, -0.05) is 26.7 Å². The third kappa shape index (κ3) is 2.34. The van der Waals surface area contributed by atoms with Crippen molar-refractivity contribution in [2.24, 2.45) is 23.5 Å². The van der Waals surface area contributed by atoms with Crippen molar-refractivity contribution in [3.8, 4) is 0 Å². The molecule has 0 aromatic heterocycles. The maximum Gasteiger partial charge on any atom is 0.0940 e. The zero-order valence-electron chi connectivity index (χ0n) is 12.5. The Bertz CT molecular complexity index is 327. The summed E-state index contributed by atoms with van der Waals surface area (Å²) in [6.07, 6.45) is 7.14. The minimum absolute atomic E-state index is 0.00427. The Morgan fingerprint density at radius 1 is 1.11 bits per heavy atom. The molecule has 3 rings (SSSR count). The monoisotopic (exact) mass is 267 g/mol. The average Bonchev–Trinajstić information content (AvgIpc) is 2.84. The molecule has 2 heterocycles. The smallest absolute Gasteiger partial charge is 0.0940 e. The Morgan fingerprint density at radius 3 is 2.68 bits per heavy atom. The van der Waals surface area contributed by atoms with Gasteiger partial charge < -0.3 is 15.2 Å². The molecule has 0 radical (unpaired) electrons. The van der Waals surface area contributed by atoms with E-state index in [9.17, 15) is 0 Å². The number of rotatable bonds is 1. The molecule has 1 saturated carbocycles. The van der Waals surface area contributed by atoms with Crippen molar-refractivity contribution in [2.75, 3.05) is 19.8 Å². The molecule has 5 atom stereocenters. The van der Waals surface area contributed by atoms with Gasteiger partial charge in [-0.25, -0.2) is 0 Å². The molecule has 3 fully saturated rings. The molecule has 2 N–H and O–H groups in total. The number of nitrogens with two attached hydrogens (primary N) is 1. The second-order valence-corrected chi connectivity index (χ2v) is 7.29. The Kier molecular flexibility index (Phi) is 3.65. The molecule has 1 spiro atoms. The van der Waals surface area contributed by atoms with Crippen molar-refractivity contribution in [1.82, 2.24) is 0 Å². The summed E-state index contributed by atoms with van der Waals surface area (Å²) in [6, 6.07) is 0. The Labute approximate surface area is 117 Å². The normalized spacial score (nSPS) is 51.6. The van der Waals surface area contributed by atoms with Gasteiger partial charge in [-0.3, -0.25) is 0 Å². The molecule has 110 valence electrons. The fraction of sp³-hybridized carbons (Fsp3) is 1.00. The van der Waals surface area contributed by atoms with Gasteiger partial charge in [-0.15, -0.1) is 0 Å². The van der Waals surface area contributed by atoms with Crippen molar-refractivity contribution in [1.29, 1.82) is 0 Å². The molecule has 0 bridgehead atoms. The van der Waals surface area contributed by atoms with Crippen molar-refractivity contribution in [3.05, 3.63) is 0 Å². The van der Waals surface area contributed by atoms with Crippen LogP contribution in [0.5, 0.6) is 0 Å². The maximum atomic E-state index is 6.92. The van der Waals surface area contributed by atoms with Crippen LogP contribution in [0.3, 0.4) is 0 Å². The Hall–Kier alpha value is -0.120.